The molecule has 0 aliphatic carbocycles. The number of esters is 1. The second kappa shape index (κ2) is 6.92. The molecule has 0 spiro atoms. The number of carbonyl (C=O) groups is 3. The molecule has 1 fully saturated rings. The van der Waals surface area contributed by atoms with Gasteiger partial charge in [-0.3, -0.25) is 9.69 Å². The van der Waals surface area contributed by atoms with Crippen molar-refractivity contribution in [2.24, 2.45) is 0 Å². The van der Waals surface area contributed by atoms with Crippen molar-refractivity contribution in [3.63, 3.8) is 0 Å². The van der Waals surface area contributed by atoms with Gasteiger partial charge in [-0.05, 0) is 12.8 Å². The van der Waals surface area contributed by atoms with E-state index in [1.165, 1.54) is 7.11 Å². The van der Waals surface area contributed by atoms with Crippen LogP contribution >= 0.6 is 0 Å². The molecule has 0 saturated carbocycles. The molecule has 0 radical (unpaired) electrons. The number of hydrogen-bond acceptors (Lipinski definition) is 4. The maximum atomic E-state index is 11.9. The zero-order valence-corrected chi connectivity index (χ0v) is 11.6. The second-order valence-corrected chi connectivity index (χ2v) is 4.31. The van der Waals surface area contributed by atoms with E-state index < -0.39 is 18.0 Å². The SMILES string of the molecule is CCCC1NC(=O)N(CC=C(CC)C(=O)OC)C1=O. The molecule has 1 saturated heterocycles. The number of nitrogens with one attached hydrogen (secondary N) is 1. The lowest BCUT2D eigenvalue weighted by Gasteiger charge is -2.11. The fraction of sp³-hybridized carbons (Fsp3) is 0.615. The first kappa shape index (κ1) is 15.2. The summed E-state index contributed by atoms with van der Waals surface area (Å²) in [7, 11) is 1.30. The van der Waals surface area contributed by atoms with Crippen LogP contribution in [-0.2, 0) is 14.3 Å². The number of nitrogens with zero attached hydrogens (tertiary/aromatic N) is 1. The first-order valence-corrected chi connectivity index (χ1v) is 6.44. The van der Waals surface area contributed by atoms with Crippen molar-refractivity contribution in [2.75, 3.05) is 13.7 Å². The molecule has 0 aromatic heterocycles. The Kier molecular flexibility index (Phi) is 5.54. The second-order valence-electron chi connectivity index (χ2n) is 4.31. The van der Waals surface area contributed by atoms with Gasteiger partial charge in [0.15, 0.2) is 0 Å². The van der Waals surface area contributed by atoms with Gasteiger partial charge in [0.2, 0.25) is 0 Å². The summed E-state index contributed by atoms with van der Waals surface area (Å²) in [6.07, 6.45) is 3.51. The topological polar surface area (TPSA) is 75.7 Å². The van der Waals surface area contributed by atoms with E-state index in [1.807, 2.05) is 13.8 Å². The summed E-state index contributed by atoms with van der Waals surface area (Å²) in [6.45, 7) is 3.87. The van der Waals surface area contributed by atoms with Gasteiger partial charge in [0, 0.05) is 12.1 Å². The Bertz CT molecular complexity index is 403. The van der Waals surface area contributed by atoms with Crippen LogP contribution in [0.5, 0.6) is 0 Å². The predicted molar refractivity (Wildman–Crippen MR) is 69.3 cm³/mol. The third kappa shape index (κ3) is 3.56. The Morgan fingerprint density at radius 1 is 1.42 bits per heavy atom. The van der Waals surface area contributed by atoms with E-state index >= 15 is 0 Å². The van der Waals surface area contributed by atoms with Crippen molar-refractivity contribution in [1.82, 2.24) is 10.2 Å². The van der Waals surface area contributed by atoms with Crippen LogP contribution in [0.1, 0.15) is 33.1 Å². The molecule has 1 atom stereocenters. The number of carbonyl (C=O) groups excluding carboxylic acids is 3. The van der Waals surface area contributed by atoms with Crippen molar-refractivity contribution < 1.29 is 19.1 Å². The molecule has 1 aliphatic heterocycles. The molecule has 1 unspecified atom stereocenters. The Labute approximate surface area is 112 Å². The van der Waals surface area contributed by atoms with Crippen LogP contribution in [0.2, 0.25) is 0 Å². The fourth-order valence-electron chi connectivity index (χ4n) is 1.94. The Balaban J connectivity index is 2.71. The lowest BCUT2D eigenvalue weighted by Crippen LogP contribution is -2.32. The third-order valence-electron chi connectivity index (χ3n) is 3.03. The molecule has 1 N–H and O–H groups in total. The predicted octanol–water partition coefficient (Wildman–Crippen LogP) is 1.22. The van der Waals surface area contributed by atoms with Gasteiger partial charge < -0.3 is 10.1 Å². The van der Waals surface area contributed by atoms with E-state index in [4.69, 9.17) is 0 Å². The Hall–Kier alpha value is -1.85. The standard InChI is InChI=1S/C13H20N2O4/c1-4-6-10-11(16)15(13(18)14-10)8-7-9(5-2)12(17)19-3/h7,10H,4-6,8H2,1-3H3,(H,14,18). The van der Waals surface area contributed by atoms with Crippen LogP contribution in [0.25, 0.3) is 0 Å². The van der Waals surface area contributed by atoms with Crippen LogP contribution in [0, 0.1) is 0 Å². The summed E-state index contributed by atoms with van der Waals surface area (Å²) in [6, 6.07) is -0.839. The van der Waals surface area contributed by atoms with Gasteiger partial charge in [-0.25, -0.2) is 9.59 Å². The van der Waals surface area contributed by atoms with Crippen molar-refractivity contribution >= 4 is 17.9 Å². The van der Waals surface area contributed by atoms with Crippen molar-refractivity contribution in [2.45, 2.75) is 39.2 Å². The average molecular weight is 268 g/mol. The molecule has 3 amide bonds. The van der Waals surface area contributed by atoms with E-state index in [0.717, 1.165) is 11.3 Å². The molecule has 19 heavy (non-hydrogen) atoms. The number of ether oxygens (including phenoxy) is 1. The monoisotopic (exact) mass is 268 g/mol. The van der Waals surface area contributed by atoms with Crippen molar-refractivity contribution in [3.05, 3.63) is 11.6 Å². The van der Waals surface area contributed by atoms with Gasteiger partial charge in [-0.1, -0.05) is 26.3 Å². The van der Waals surface area contributed by atoms with E-state index in [9.17, 15) is 14.4 Å². The largest absolute Gasteiger partial charge is 0.466 e. The maximum absolute atomic E-state index is 11.9. The molecule has 1 heterocycles. The summed E-state index contributed by atoms with van der Waals surface area (Å²) in [5, 5.41) is 2.63. The van der Waals surface area contributed by atoms with Crippen LogP contribution in [0.15, 0.2) is 11.6 Å². The van der Waals surface area contributed by atoms with Gasteiger partial charge in [0.25, 0.3) is 5.91 Å². The zero-order chi connectivity index (χ0) is 14.4. The van der Waals surface area contributed by atoms with Crippen molar-refractivity contribution in [1.29, 1.82) is 0 Å². The number of imide groups is 1. The summed E-state index contributed by atoms with van der Waals surface area (Å²) in [5.41, 5.74) is 0.460. The van der Waals surface area contributed by atoms with E-state index in [2.05, 4.69) is 10.1 Å². The summed E-state index contributed by atoms with van der Waals surface area (Å²) >= 11 is 0. The lowest BCUT2D eigenvalue weighted by molar-refractivity contribution is -0.136. The van der Waals surface area contributed by atoms with Crippen LogP contribution < -0.4 is 5.32 Å². The van der Waals surface area contributed by atoms with Gasteiger partial charge in [0.1, 0.15) is 6.04 Å². The Morgan fingerprint density at radius 2 is 2.11 bits per heavy atom. The highest BCUT2D eigenvalue weighted by atomic mass is 16.5. The fourth-order valence-corrected chi connectivity index (χ4v) is 1.94. The van der Waals surface area contributed by atoms with Gasteiger partial charge in [-0.2, -0.15) is 0 Å². The minimum absolute atomic E-state index is 0.100. The van der Waals surface area contributed by atoms with E-state index in [-0.39, 0.29) is 12.5 Å². The van der Waals surface area contributed by atoms with Crippen LogP contribution in [0.3, 0.4) is 0 Å². The highest BCUT2D eigenvalue weighted by Crippen LogP contribution is 2.12. The zero-order valence-electron chi connectivity index (χ0n) is 11.6. The van der Waals surface area contributed by atoms with Gasteiger partial charge in [-0.15, -0.1) is 0 Å². The maximum Gasteiger partial charge on any atom is 0.333 e. The molecular formula is C13H20N2O4. The highest BCUT2D eigenvalue weighted by Gasteiger charge is 2.36. The minimum Gasteiger partial charge on any atom is -0.466 e. The van der Waals surface area contributed by atoms with Crippen LogP contribution in [-0.4, -0.2) is 42.5 Å². The average Bonchev–Trinajstić information content (AvgIpc) is 2.66. The number of amides is 3. The lowest BCUT2D eigenvalue weighted by atomic mass is 10.1. The smallest absolute Gasteiger partial charge is 0.333 e. The minimum atomic E-state index is -0.436. The third-order valence-corrected chi connectivity index (χ3v) is 3.03. The normalized spacial score (nSPS) is 19.6. The highest BCUT2D eigenvalue weighted by molar-refractivity contribution is 6.04. The number of urea groups is 1. The van der Waals surface area contributed by atoms with Crippen molar-refractivity contribution in [3.8, 4) is 0 Å². The molecule has 0 aromatic carbocycles. The molecule has 6 nitrogen and oxygen atoms in total. The Morgan fingerprint density at radius 3 is 2.63 bits per heavy atom. The van der Waals surface area contributed by atoms with Crippen LogP contribution in [0.4, 0.5) is 4.79 Å². The molecular weight excluding hydrogens is 248 g/mol. The van der Waals surface area contributed by atoms with E-state index in [1.54, 1.807) is 6.08 Å². The number of hydrogen-bond donors (Lipinski definition) is 1. The summed E-state index contributed by atoms with van der Waals surface area (Å²) < 4.78 is 4.62. The quantitative estimate of drug-likeness (QED) is 0.446. The molecule has 0 bridgehead atoms. The molecule has 106 valence electrons. The summed E-state index contributed by atoms with van der Waals surface area (Å²) in [5.74, 6) is -0.664. The summed E-state index contributed by atoms with van der Waals surface area (Å²) in [4.78, 5) is 36.1. The van der Waals surface area contributed by atoms with Gasteiger partial charge >= 0.3 is 12.0 Å². The molecule has 6 heteroatoms. The number of methoxy groups -OCH3 is 1. The molecule has 1 aliphatic rings. The number of rotatable bonds is 6. The molecule has 0 aromatic rings. The van der Waals surface area contributed by atoms with Gasteiger partial charge in [0.05, 0.1) is 7.11 Å². The van der Waals surface area contributed by atoms with E-state index in [0.29, 0.717) is 18.4 Å². The first-order valence-electron chi connectivity index (χ1n) is 6.44. The first-order chi connectivity index (χ1) is 9.04. The molecule has 1 rings (SSSR count).